The first kappa shape index (κ1) is 19.8. The Morgan fingerprint density at radius 1 is 1.11 bits per heavy atom. The number of carbonyl (C=O) groups excluding carboxylic acids is 1. The lowest BCUT2D eigenvalue weighted by Gasteiger charge is -2.09. The predicted octanol–water partition coefficient (Wildman–Crippen LogP) is 6.28. The Labute approximate surface area is 177 Å². The van der Waals surface area contributed by atoms with Crippen LogP contribution in [0.25, 0.3) is 11.3 Å². The lowest BCUT2D eigenvalue weighted by molar-refractivity contribution is 0.0951. The fraction of sp³-hybridized carbons (Fsp3) is 0. The first-order valence-electron chi connectivity index (χ1n) is 7.46. The van der Waals surface area contributed by atoms with Crippen LogP contribution in [0.4, 0.5) is 10.1 Å². The summed E-state index contributed by atoms with van der Waals surface area (Å²) in [7, 11) is 0. The highest BCUT2D eigenvalue weighted by molar-refractivity contribution is 9.10. The Hall–Kier alpha value is -1.93. The van der Waals surface area contributed by atoms with Crippen LogP contribution in [0.3, 0.4) is 0 Å². The van der Waals surface area contributed by atoms with Crippen LogP contribution in [0.15, 0.2) is 57.4 Å². The minimum Gasteiger partial charge on any atom is -0.451 e. The number of rotatable bonds is 3. The van der Waals surface area contributed by atoms with Crippen LogP contribution < -0.4 is 10.6 Å². The zero-order valence-corrected chi connectivity index (χ0v) is 17.3. The molecule has 0 saturated heterocycles. The lowest BCUT2D eigenvalue weighted by atomic mass is 10.2. The van der Waals surface area contributed by atoms with Gasteiger partial charge in [0, 0.05) is 15.1 Å². The highest BCUT2D eigenvalue weighted by Crippen LogP contribution is 2.31. The van der Waals surface area contributed by atoms with Gasteiger partial charge in [0.15, 0.2) is 10.9 Å². The fourth-order valence-electron chi connectivity index (χ4n) is 2.20. The second kappa shape index (κ2) is 8.39. The van der Waals surface area contributed by atoms with Gasteiger partial charge in [0.05, 0.1) is 10.7 Å². The molecule has 138 valence electrons. The first-order valence-corrected chi connectivity index (χ1v) is 9.42. The predicted molar refractivity (Wildman–Crippen MR) is 112 cm³/mol. The molecule has 3 rings (SSSR count). The van der Waals surface area contributed by atoms with Crippen molar-refractivity contribution in [3.8, 4) is 11.3 Å². The maximum Gasteiger partial charge on any atom is 0.293 e. The second-order valence-electron chi connectivity index (χ2n) is 5.32. The minimum atomic E-state index is -0.588. The third-order valence-corrected chi connectivity index (χ3v) is 4.69. The average molecular weight is 488 g/mol. The van der Waals surface area contributed by atoms with E-state index in [9.17, 15) is 9.18 Å². The molecule has 4 nitrogen and oxygen atoms in total. The molecular weight excluding hydrogens is 478 g/mol. The molecule has 0 spiro atoms. The highest BCUT2D eigenvalue weighted by Gasteiger charge is 2.16. The Morgan fingerprint density at radius 2 is 1.89 bits per heavy atom. The molecule has 9 heteroatoms. The van der Waals surface area contributed by atoms with Gasteiger partial charge in [0.1, 0.15) is 11.6 Å². The van der Waals surface area contributed by atoms with Crippen molar-refractivity contribution >= 4 is 68.1 Å². The molecule has 1 aromatic heterocycles. The van der Waals surface area contributed by atoms with Gasteiger partial charge < -0.3 is 9.73 Å². The SMILES string of the molecule is O=C(NC(=S)Nc1ccc(Br)cc1F)c1ccc(-c2cc(Cl)ccc2Cl)o1. The van der Waals surface area contributed by atoms with E-state index in [-0.39, 0.29) is 16.6 Å². The maximum absolute atomic E-state index is 13.8. The van der Waals surface area contributed by atoms with Crippen molar-refractivity contribution < 1.29 is 13.6 Å². The zero-order valence-electron chi connectivity index (χ0n) is 13.4. The van der Waals surface area contributed by atoms with E-state index in [1.54, 1.807) is 30.3 Å². The summed E-state index contributed by atoms with van der Waals surface area (Å²) in [6.07, 6.45) is 0. The number of halogens is 4. The molecule has 0 radical (unpaired) electrons. The largest absolute Gasteiger partial charge is 0.451 e. The molecule has 0 fully saturated rings. The smallest absolute Gasteiger partial charge is 0.293 e. The van der Waals surface area contributed by atoms with Gasteiger partial charge in [0.25, 0.3) is 5.91 Å². The molecular formula is C18H10BrCl2FN2O2S. The van der Waals surface area contributed by atoms with Gasteiger partial charge in [-0.05, 0) is 60.7 Å². The summed E-state index contributed by atoms with van der Waals surface area (Å²) in [5.41, 5.74) is 0.690. The molecule has 0 aliphatic heterocycles. The molecule has 27 heavy (non-hydrogen) atoms. The minimum absolute atomic E-state index is 0.0153. The van der Waals surface area contributed by atoms with Gasteiger partial charge >= 0.3 is 0 Å². The fourth-order valence-corrected chi connectivity index (χ4v) is 3.12. The highest BCUT2D eigenvalue weighted by atomic mass is 79.9. The first-order chi connectivity index (χ1) is 12.8. The number of hydrogen-bond acceptors (Lipinski definition) is 3. The van der Waals surface area contributed by atoms with Crippen LogP contribution in [0, 0.1) is 5.82 Å². The summed E-state index contributed by atoms with van der Waals surface area (Å²) in [5, 5.41) is 5.89. The van der Waals surface area contributed by atoms with Crippen molar-refractivity contribution in [2.75, 3.05) is 5.32 Å². The van der Waals surface area contributed by atoms with Crippen LogP contribution in [0.2, 0.25) is 10.0 Å². The van der Waals surface area contributed by atoms with Crippen molar-refractivity contribution in [3.05, 3.63) is 74.6 Å². The Kier molecular flexibility index (Phi) is 6.16. The number of carbonyl (C=O) groups is 1. The number of nitrogens with one attached hydrogen (secondary N) is 2. The number of thiocarbonyl (C=S) groups is 1. The number of hydrogen-bond donors (Lipinski definition) is 2. The average Bonchev–Trinajstić information content (AvgIpc) is 3.09. The maximum atomic E-state index is 13.8. The van der Waals surface area contributed by atoms with Crippen molar-refractivity contribution in [1.29, 1.82) is 0 Å². The molecule has 1 amide bonds. The Balaban J connectivity index is 1.70. The van der Waals surface area contributed by atoms with Crippen LogP contribution in [-0.4, -0.2) is 11.0 Å². The van der Waals surface area contributed by atoms with Crippen molar-refractivity contribution in [1.82, 2.24) is 5.32 Å². The van der Waals surface area contributed by atoms with E-state index in [1.807, 2.05) is 0 Å². The van der Waals surface area contributed by atoms with Gasteiger partial charge in [-0.3, -0.25) is 10.1 Å². The van der Waals surface area contributed by atoms with Crippen molar-refractivity contribution in [2.24, 2.45) is 0 Å². The van der Waals surface area contributed by atoms with Crippen molar-refractivity contribution in [3.63, 3.8) is 0 Å². The standard InChI is InChI=1S/C18H10BrCl2FN2O2S/c19-9-1-4-14(13(22)7-9)23-18(27)24-17(25)16-6-5-15(26-16)11-8-10(20)2-3-12(11)21/h1-8H,(H2,23,24,25,27). The number of benzene rings is 2. The third kappa shape index (κ3) is 4.87. The summed E-state index contributed by atoms with van der Waals surface area (Å²) in [5.74, 6) is -0.710. The third-order valence-electron chi connectivity index (χ3n) is 3.43. The van der Waals surface area contributed by atoms with Gasteiger partial charge in [0.2, 0.25) is 0 Å². The topological polar surface area (TPSA) is 54.3 Å². The summed E-state index contributed by atoms with van der Waals surface area (Å²) in [6.45, 7) is 0. The van der Waals surface area contributed by atoms with E-state index in [1.165, 1.54) is 18.2 Å². The van der Waals surface area contributed by atoms with E-state index < -0.39 is 11.7 Å². The monoisotopic (exact) mass is 486 g/mol. The van der Waals surface area contributed by atoms with Crippen LogP contribution in [0.1, 0.15) is 10.6 Å². The molecule has 0 saturated carbocycles. The number of anilines is 1. The molecule has 0 atom stereocenters. The molecule has 2 N–H and O–H groups in total. The molecule has 1 heterocycles. The Bertz CT molecular complexity index is 1040. The zero-order chi connectivity index (χ0) is 19.6. The summed E-state index contributed by atoms with van der Waals surface area (Å²) in [4.78, 5) is 12.3. The van der Waals surface area contributed by atoms with Crippen molar-refractivity contribution in [2.45, 2.75) is 0 Å². The quantitative estimate of drug-likeness (QED) is 0.427. The number of amides is 1. The van der Waals surface area contributed by atoms with E-state index in [0.29, 0.717) is 25.8 Å². The Morgan fingerprint density at radius 3 is 2.63 bits per heavy atom. The lowest BCUT2D eigenvalue weighted by Crippen LogP contribution is -2.34. The summed E-state index contributed by atoms with van der Waals surface area (Å²) < 4.78 is 19.9. The van der Waals surface area contributed by atoms with Gasteiger partial charge in [-0.2, -0.15) is 0 Å². The van der Waals surface area contributed by atoms with Crippen LogP contribution in [0.5, 0.6) is 0 Å². The van der Waals surface area contributed by atoms with E-state index in [2.05, 4.69) is 26.6 Å². The summed E-state index contributed by atoms with van der Waals surface area (Å²) in [6, 6.07) is 12.4. The molecule has 0 unspecified atom stereocenters. The summed E-state index contributed by atoms with van der Waals surface area (Å²) >= 11 is 20.3. The normalized spacial score (nSPS) is 10.5. The van der Waals surface area contributed by atoms with E-state index in [4.69, 9.17) is 39.8 Å². The molecule has 0 aliphatic carbocycles. The molecule has 0 bridgehead atoms. The van der Waals surface area contributed by atoms with E-state index in [0.717, 1.165) is 0 Å². The van der Waals surface area contributed by atoms with Gasteiger partial charge in [-0.1, -0.05) is 39.1 Å². The number of furan rings is 1. The second-order valence-corrected chi connectivity index (χ2v) is 7.49. The molecule has 0 aliphatic rings. The molecule has 2 aromatic carbocycles. The van der Waals surface area contributed by atoms with Crippen LogP contribution >= 0.6 is 51.3 Å². The van der Waals surface area contributed by atoms with Gasteiger partial charge in [-0.15, -0.1) is 0 Å². The van der Waals surface area contributed by atoms with Gasteiger partial charge in [-0.25, -0.2) is 4.39 Å². The molecule has 3 aromatic rings. The van der Waals surface area contributed by atoms with E-state index >= 15 is 0 Å². The van der Waals surface area contributed by atoms with Crippen LogP contribution in [-0.2, 0) is 0 Å².